The van der Waals surface area contributed by atoms with Gasteiger partial charge in [0, 0.05) is 19.3 Å². The quantitative estimate of drug-likeness (QED) is 0.747. The maximum absolute atomic E-state index is 5.34. The van der Waals surface area contributed by atoms with Crippen LogP contribution in [0.2, 0.25) is 0 Å². The van der Waals surface area contributed by atoms with Crippen LogP contribution < -0.4 is 5.32 Å². The minimum absolute atomic E-state index is 0.741. The number of hydrogen-bond acceptors (Lipinski definition) is 2. The van der Waals surface area contributed by atoms with Gasteiger partial charge >= 0.3 is 0 Å². The van der Waals surface area contributed by atoms with Gasteiger partial charge in [0.25, 0.3) is 0 Å². The van der Waals surface area contributed by atoms with Gasteiger partial charge < -0.3 is 10.1 Å². The lowest BCUT2D eigenvalue weighted by molar-refractivity contribution is 0.0777. The number of rotatable bonds is 4. The van der Waals surface area contributed by atoms with E-state index in [1.807, 2.05) is 0 Å². The molecule has 0 aromatic rings. The summed E-state index contributed by atoms with van der Waals surface area (Å²) in [6.45, 7) is 3.15. The zero-order chi connectivity index (χ0) is 9.64. The monoisotopic (exact) mass is 197 g/mol. The average Bonchev–Trinajstić information content (AvgIpc) is 2.72. The number of nitrogens with one attached hydrogen (secondary N) is 1. The molecule has 14 heavy (non-hydrogen) atoms. The molecule has 0 spiro atoms. The van der Waals surface area contributed by atoms with E-state index in [1.54, 1.807) is 0 Å². The molecule has 1 heterocycles. The Bertz CT molecular complexity index is 148. The van der Waals surface area contributed by atoms with E-state index in [1.165, 1.54) is 51.5 Å². The van der Waals surface area contributed by atoms with Gasteiger partial charge in [0.05, 0.1) is 0 Å². The summed E-state index contributed by atoms with van der Waals surface area (Å²) in [5.41, 5.74) is 0. The normalized spacial score (nSPS) is 25.7. The second-order valence-corrected chi connectivity index (χ2v) is 4.78. The molecule has 2 rings (SSSR count). The van der Waals surface area contributed by atoms with Gasteiger partial charge in [-0.2, -0.15) is 0 Å². The third kappa shape index (κ3) is 3.25. The summed E-state index contributed by atoms with van der Waals surface area (Å²) in [5.74, 6) is 1.03. The highest BCUT2D eigenvalue weighted by molar-refractivity contribution is 4.73. The number of hydrogen-bond donors (Lipinski definition) is 1. The van der Waals surface area contributed by atoms with Gasteiger partial charge in [0.15, 0.2) is 0 Å². The van der Waals surface area contributed by atoms with Crippen LogP contribution in [-0.4, -0.2) is 25.8 Å². The van der Waals surface area contributed by atoms with E-state index in [0.29, 0.717) is 0 Å². The van der Waals surface area contributed by atoms with Crippen molar-refractivity contribution in [1.29, 1.82) is 0 Å². The topological polar surface area (TPSA) is 21.3 Å². The third-order valence-corrected chi connectivity index (χ3v) is 3.68. The lowest BCUT2D eigenvalue weighted by Gasteiger charge is -2.23. The largest absolute Gasteiger partial charge is 0.381 e. The van der Waals surface area contributed by atoms with Crippen LogP contribution >= 0.6 is 0 Å². The Balaban J connectivity index is 1.52. The van der Waals surface area contributed by atoms with Crippen LogP contribution in [0.4, 0.5) is 0 Å². The van der Waals surface area contributed by atoms with Crippen molar-refractivity contribution in [3.05, 3.63) is 0 Å². The fraction of sp³-hybridized carbons (Fsp3) is 1.00. The molecule has 0 amide bonds. The van der Waals surface area contributed by atoms with E-state index < -0.39 is 0 Å². The van der Waals surface area contributed by atoms with E-state index in [0.717, 1.165) is 25.2 Å². The van der Waals surface area contributed by atoms with E-state index in [2.05, 4.69) is 5.32 Å². The van der Waals surface area contributed by atoms with Crippen molar-refractivity contribution in [2.45, 2.75) is 51.0 Å². The summed E-state index contributed by atoms with van der Waals surface area (Å²) in [6.07, 6.45) is 9.74. The van der Waals surface area contributed by atoms with Crippen molar-refractivity contribution in [3.63, 3.8) is 0 Å². The van der Waals surface area contributed by atoms with Crippen LogP contribution in [0, 0.1) is 5.92 Å². The summed E-state index contributed by atoms with van der Waals surface area (Å²) in [7, 11) is 0. The molecule has 1 saturated carbocycles. The molecule has 0 aromatic carbocycles. The Morgan fingerprint density at radius 1 is 1.00 bits per heavy atom. The van der Waals surface area contributed by atoms with Gasteiger partial charge in [0.1, 0.15) is 0 Å². The lowest BCUT2D eigenvalue weighted by Crippen LogP contribution is -2.35. The third-order valence-electron chi connectivity index (χ3n) is 3.68. The van der Waals surface area contributed by atoms with E-state index in [-0.39, 0.29) is 0 Å². The Kier molecular flexibility index (Phi) is 4.26. The summed E-state index contributed by atoms with van der Waals surface area (Å²) < 4.78 is 5.34. The SMILES string of the molecule is C1CCC(CCNC2CCOCC2)C1. The van der Waals surface area contributed by atoms with Gasteiger partial charge in [-0.25, -0.2) is 0 Å². The Morgan fingerprint density at radius 2 is 1.71 bits per heavy atom. The summed E-state index contributed by atoms with van der Waals surface area (Å²) >= 11 is 0. The first kappa shape index (κ1) is 10.4. The smallest absolute Gasteiger partial charge is 0.0480 e. The highest BCUT2D eigenvalue weighted by Crippen LogP contribution is 2.27. The first-order valence-electron chi connectivity index (χ1n) is 6.26. The van der Waals surface area contributed by atoms with Crippen LogP contribution in [0.15, 0.2) is 0 Å². The summed E-state index contributed by atoms with van der Waals surface area (Å²) in [6, 6.07) is 0.741. The van der Waals surface area contributed by atoms with Gasteiger partial charge in [0.2, 0.25) is 0 Å². The van der Waals surface area contributed by atoms with Crippen LogP contribution in [0.25, 0.3) is 0 Å². The lowest BCUT2D eigenvalue weighted by atomic mass is 10.0. The second kappa shape index (κ2) is 5.72. The zero-order valence-corrected chi connectivity index (χ0v) is 9.13. The molecule has 2 nitrogen and oxygen atoms in total. The standard InChI is InChI=1S/C12H23NO/c1-2-4-11(3-1)5-8-13-12-6-9-14-10-7-12/h11-13H,1-10H2. The van der Waals surface area contributed by atoms with Crippen molar-refractivity contribution < 1.29 is 4.74 Å². The van der Waals surface area contributed by atoms with Crippen LogP contribution in [-0.2, 0) is 4.74 Å². The molecule has 2 fully saturated rings. The van der Waals surface area contributed by atoms with Gasteiger partial charge in [-0.1, -0.05) is 25.7 Å². The highest BCUT2D eigenvalue weighted by atomic mass is 16.5. The minimum Gasteiger partial charge on any atom is -0.381 e. The summed E-state index contributed by atoms with van der Waals surface area (Å²) in [4.78, 5) is 0. The maximum Gasteiger partial charge on any atom is 0.0480 e. The van der Waals surface area contributed by atoms with Crippen LogP contribution in [0.5, 0.6) is 0 Å². The molecule has 1 N–H and O–H groups in total. The molecule has 0 radical (unpaired) electrons. The molecule has 2 heteroatoms. The molecule has 1 aliphatic carbocycles. The number of ether oxygens (including phenoxy) is 1. The molecule has 0 atom stereocenters. The molecule has 0 unspecified atom stereocenters. The Hall–Kier alpha value is -0.0800. The van der Waals surface area contributed by atoms with Crippen molar-refractivity contribution in [3.8, 4) is 0 Å². The molecule has 0 bridgehead atoms. The molecule has 2 aliphatic rings. The van der Waals surface area contributed by atoms with E-state index in [9.17, 15) is 0 Å². The van der Waals surface area contributed by atoms with Gasteiger partial charge in [-0.05, 0) is 31.7 Å². The van der Waals surface area contributed by atoms with Crippen LogP contribution in [0.3, 0.4) is 0 Å². The molecule has 82 valence electrons. The molecular weight excluding hydrogens is 174 g/mol. The Morgan fingerprint density at radius 3 is 2.43 bits per heavy atom. The molecule has 1 aliphatic heterocycles. The first-order valence-corrected chi connectivity index (χ1v) is 6.26. The van der Waals surface area contributed by atoms with E-state index in [4.69, 9.17) is 4.74 Å². The zero-order valence-electron chi connectivity index (χ0n) is 9.13. The fourth-order valence-electron chi connectivity index (χ4n) is 2.69. The van der Waals surface area contributed by atoms with E-state index >= 15 is 0 Å². The highest BCUT2D eigenvalue weighted by Gasteiger charge is 2.16. The maximum atomic E-state index is 5.34. The second-order valence-electron chi connectivity index (χ2n) is 4.78. The molecule has 0 aromatic heterocycles. The van der Waals surface area contributed by atoms with Crippen molar-refractivity contribution in [2.24, 2.45) is 5.92 Å². The minimum atomic E-state index is 0.741. The van der Waals surface area contributed by atoms with Gasteiger partial charge in [-0.3, -0.25) is 0 Å². The first-order chi connectivity index (χ1) is 6.95. The predicted molar refractivity (Wildman–Crippen MR) is 58.4 cm³/mol. The predicted octanol–water partition coefficient (Wildman–Crippen LogP) is 2.34. The fourth-order valence-corrected chi connectivity index (χ4v) is 2.69. The Labute approximate surface area is 87.4 Å². The average molecular weight is 197 g/mol. The van der Waals surface area contributed by atoms with Crippen molar-refractivity contribution in [2.75, 3.05) is 19.8 Å². The van der Waals surface area contributed by atoms with Gasteiger partial charge in [-0.15, -0.1) is 0 Å². The molecule has 1 saturated heterocycles. The van der Waals surface area contributed by atoms with Crippen LogP contribution in [0.1, 0.15) is 44.9 Å². The van der Waals surface area contributed by atoms with Crippen molar-refractivity contribution in [1.82, 2.24) is 5.32 Å². The van der Waals surface area contributed by atoms with Crippen molar-refractivity contribution >= 4 is 0 Å². The summed E-state index contributed by atoms with van der Waals surface area (Å²) in [5, 5.41) is 3.67. The molecular formula is C12H23NO.